The van der Waals surface area contributed by atoms with Crippen molar-refractivity contribution in [1.29, 1.82) is 0 Å². The number of H-pyrrole nitrogens is 1. The molecule has 2 rings (SSSR count). The Balaban J connectivity index is 1.72. The molecule has 0 unspecified atom stereocenters. The minimum Gasteiger partial charge on any atom is -0.380 e. The maximum Gasteiger partial charge on any atom is 0.268 e. The number of hydrogen-bond donors (Lipinski definition) is 2. The molecule has 0 aliphatic heterocycles. The zero-order chi connectivity index (χ0) is 14.4. The average molecular weight is 295 g/mol. The van der Waals surface area contributed by atoms with Gasteiger partial charge in [-0.25, -0.2) is 4.98 Å². The van der Waals surface area contributed by atoms with Gasteiger partial charge in [-0.1, -0.05) is 13.8 Å². The summed E-state index contributed by atoms with van der Waals surface area (Å²) in [5.41, 5.74) is 0.707. The molecule has 0 aliphatic rings. The molecule has 0 saturated carbocycles. The highest BCUT2D eigenvalue weighted by Crippen LogP contribution is 2.13. The van der Waals surface area contributed by atoms with Crippen LogP contribution in [0.15, 0.2) is 16.2 Å². The number of aromatic nitrogens is 2. The van der Waals surface area contributed by atoms with Gasteiger partial charge in [-0.15, -0.1) is 11.3 Å². The lowest BCUT2D eigenvalue weighted by Crippen LogP contribution is -2.22. The van der Waals surface area contributed by atoms with Crippen LogP contribution in [0, 0.1) is 5.92 Å². The van der Waals surface area contributed by atoms with Gasteiger partial charge < -0.3 is 15.0 Å². The van der Waals surface area contributed by atoms with Crippen LogP contribution in [-0.2, 0) is 11.3 Å². The van der Waals surface area contributed by atoms with Crippen molar-refractivity contribution in [3.05, 3.63) is 27.6 Å². The van der Waals surface area contributed by atoms with Crippen molar-refractivity contribution >= 4 is 21.6 Å². The molecule has 0 aromatic carbocycles. The van der Waals surface area contributed by atoms with E-state index in [-0.39, 0.29) is 5.56 Å². The van der Waals surface area contributed by atoms with Gasteiger partial charge in [-0.05, 0) is 23.8 Å². The number of rotatable bonds is 8. The van der Waals surface area contributed by atoms with Crippen LogP contribution in [0.2, 0.25) is 0 Å². The maximum absolute atomic E-state index is 11.8. The summed E-state index contributed by atoms with van der Waals surface area (Å²) in [4.78, 5) is 19.0. The minimum absolute atomic E-state index is 0.0602. The molecule has 2 aromatic rings. The SMILES string of the molecule is CC(C)CCOCCNCc1nc2ccsc2c(=O)[nH]1. The summed E-state index contributed by atoms with van der Waals surface area (Å²) < 4.78 is 6.20. The van der Waals surface area contributed by atoms with Gasteiger partial charge in [0.2, 0.25) is 0 Å². The standard InChI is InChI=1S/C14H21N3O2S/c1-10(2)3-6-19-7-5-15-9-12-16-11-4-8-20-13(11)14(18)17-12/h4,8,10,15H,3,5-7,9H2,1-2H3,(H,16,17,18). The Kier molecular flexibility index (Phi) is 5.70. The quantitative estimate of drug-likeness (QED) is 0.732. The molecule has 2 aromatic heterocycles. The van der Waals surface area contributed by atoms with Crippen LogP contribution in [-0.4, -0.2) is 29.7 Å². The molecular formula is C14H21N3O2S. The van der Waals surface area contributed by atoms with E-state index in [1.807, 2.05) is 11.4 Å². The molecule has 110 valence electrons. The number of nitrogens with zero attached hydrogens (tertiary/aromatic N) is 1. The third-order valence-electron chi connectivity index (χ3n) is 2.92. The lowest BCUT2D eigenvalue weighted by molar-refractivity contribution is 0.125. The zero-order valence-electron chi connectivity index (χ0n) is 11.9. The Morgan fingerprint density at radius 3 is 3.10 bits per heavy atom. The summed E-state index contributed by atoms with van der Waals surface area (Å²) in [7, 11) is 0. The Hall–Kier alpha value is -1.24. The third-order valence-corrected chi connectivity index (χ3v) is 3.82. The van der Waals surface area contributed by atoms with Crippen molar-refractivity contribution in [2.45, 2.75) is 26.8 Å². The number of thiophene rings is 1. The van der Waals surface area contributed by atoms with Gasteiger partial charge in [-0.3, -0.25) is 4.79 Å². The van der Waals surface area contributed by atoms with Crippen LogP contribution >= 0.6 is 11.3 Å². The number of nitrogens with one attached hydrogen (secondary N) is 2. The summed E-state index contributed by atoms with van der Waals surface area (Å²) in [5, 5.41) is 5.10. The Morgan fingerprint density at radius 2 is 2.30 bits per heavy atom. The maximum atomic E-state index is 11.8. The Morgan fingerprint density at radius 1 is 1.45 bits per heavy atom. The van der Waals surface area contributed by atoms with E-state index in [4.69, 9.17) is 4.74 Å². The van der Waals surface area contributed by atoms with E-state index in [9.17, 15) is 4.79 Å². The van der Waals surface area contributed by atoms with Crippen molar-refractivity contribution in [3.63, 3.8) is 0 Å². The van der Waals surface area contributed by atoms with Crippen LogP contribution < -0.4 is 10.9 Å². The molecule has 0 radical (unpaired) electrons. The topological polar surface area (TPSA) is 67.0 Å². The molecule has 0 fully saturated rings. The van der Waals surface area contributed by atoms with E-state index >= 15 is 0 Å². The predicted octanol–water partition coefficient (Wildman–Crippen LogP) is 2.14. The van der Waals surface area contributed by atoms with Gasteiger partial charge in [0.15, 0.2) is 0 Å². The Labute approximate surface area is 122 Å². The van der Waals surface area contributed by atoms with Crippen molar-refractivity contribution in [2.24, 2.45) is 5.92 Å². The van der Waals surface area contributed by atoms with E-state index in [2.05, 4.69) is 29.1 Å². The highest BCUT2D eigenvalue weighted by molar-refractivity contribution is 7.17. The predicted molar refractivity (Wildman–Crippen MR) is 82.2 cm³/mol. The second kappa shape index (κ2) is 7.52. The smallest absolute Gasteiger partial charge is 0.268 e. The van der Waals surface area contributed by atoms with Crippen LogP contribution in [0.5, 0.6) is 0 Å². The van der Waals surface area contributed by atoms with Crippen LogP contribution in [0.3, 0.4) is 0 Å². The minimum atomic E-state index is -0.0602. The second-order valence-corrected chi connectivity index (χ2v) is 6.04. The first kappa shape index (κ1) is 15.2. The molecule has 5 nitrogen and oxygen atoms in total. The fourth-order valence-electron chi connectivity index (χ4n) is 1.78. The van der Waals surface area contributed by atoms with Crippen molar-refractivity contribution < 1.29 is 4.74 Å². The molecule has 2 N–H and O–H groups in total. The zero-order valence-corrected chi connectivity index (χ0v) is 12.8. The van der Waals surface area contributed by atoms with Crippen molar-refractivity contribution in [1.82, 2.24) is 15.3 Å². The number of hydrogen-bond acceptors (Lipinski definition) is 5. The number of aromatic amines is 1. The summed E-state index contributed by atoms with van der Waals surface area (Å²) >= 11 is 1.42. The molecule has 2 heterocycles. The fraction of sp³-hybridized carbons (Fsp3) is 0.571. The van der Waals surface area contributed by atoms with E-state index in [1.54, 1.807) is 0 Å². The van der Waals surface area contributed by atoms with Crippen LogP contribution in [0.4, 0.5) is 0 Å². The van der Waals surface area contributed by atoms with Gasteiger partial charge in [0, 0.05) is 13.2 Å². The number of ether oxygens (including phenoxy) is 1. The molecule has 0 bridgehead atoms. The fourth-order valence-corrected chi connectivity index (χ4v) is 2.50. The largest absolute Gasteiger partial charge is 0.380 e. The average Bonchev–Trinajstić information content (AvgIpc) is 2.86. The molecule has 0 saturated heterocycles. The van der Waals surface area contributed by atoms with Gasteiger partial charge in [0.05, 0.1) is 18.7 Å². The molecule has 0 amide bonds. The lowest BCUT2D eigenvalue weighted by atomic mass is 10.1. The van der Waals surface area contributed by atoms with E-state index < -0.39 is 0 Å². The molecule has 0 atom stereocenters. The van der Waals surface area contributed by atoms with Gasteiger partial charge in [0.1, 0.15) is 10.5 Å². The summed E-state index contributed by atoms with van der Waals surface area (Å²) in [6.07, 6.45) is 1.09. The first-order valence-electron chi connectivity index (χ1n) is 6.91. The monoisotopic (exact) mass is 295 g/mol. The molecule has 6 heteroatoms. The van der Waals surface area contributed by atoms with Gasteiger partial charge >= 0.3 is 0 Å². The van der Waals surface area contributed by atoms with Gasteiger partial charge in [-0.2, -0.15) is 0 Å². The highest BCUT2D eigenvalue weighted by atomic mass is 32.1. The first-order chi connectivity index (χ1) is 9.66. The summed E-state index contributed by atoms with van der Waals surface area (Å²) in [6.45, 7) is 7.15. The van der Waals surface area contributed by atoms with E-state index in [1.165, 1.54) is 11.3 Å². The van der Waals surface area contributed by atoms with Crippen LogP contribution in [0.25, 0.3) is 10.2 Å². The summed E-state index contributed by atoms with van der Waals surface area (Å²) in [6, 6.07) is 1.87. The second-order valence-electron chi connectivity index (χ2n) is 5.12. The summed E-state index contributed by atoms with van der Waals surface area (Å²) in [5.74, 6) is 1.35. The first-order valence-corrected chi connectivity index (χ1v) is 7.79. The Bertz CT molecular complexity index is 591. The van der Waals surface area contributed by atoms with Crippen molar-refractivity contribution in [2.75, 3.05) is 19.8 Å². The molecular weight excluding hydrogens is 274 g/mol. The van der Waals surface area contributed by atoms with Crippen molar-refractivity contribution in [3.8, 4) is 0 Å². The lowest BCUT2D eigenvalue weighted by Gasteiger charge is -2.07. The van der Waals surface area contributed by atoms with E-state index in [0.29, 0.717) is 29.6 Å². The molecule has 20 heavy (non-hydrogen) atoms. The molecule has 0 aliphatic carbocycles. The third kappa shape index (κ3) is 4.40. The normalized spacial score (nSPS) is 11.6. The highest BCUT2D eigenvalue weighted by Gasteiger charge is 2.04. The molecule has 0 spiro atoms. The van der Waals surface area contributed by atoms with E-state index in [0.717, 1.165) is 25.1 Å². The van der Waals surface area contributed by atoms with Gasteiger partial charge in [0.25, 0.3) is 5.56 Å². The van der Waals surface area contributed by atoms with Crippen LogP contribution in [0.1, 0.15) is 26.1 Å². The number of fused-ring (bicyclic) bond motifs is 1.